The molecule has 1 heterocycles. The molecule has 1 aromatic rings. The Bertz CT molecular complexity index is 355. The number of aryl methyl sites for hydroxylation is 2. The standard InChI is InChI=1S/C10H14N2O2S/c1-4-6-8(9(13)14)7(5-2)12-10(11-6)15-3/h4-5H2,1-3H3,(H,13,14). The van der Waals surface area contributed by atoms with Crippen LogP contribution in [-0.4, -0.2) is 27.3 Å². The average Bonchev–Trinajstić information content (AvgIpc) is 2.26. The first-order valence-electron chi connectivity index (χ1n) is 4.81. The van der Waals surface area contributed by atoms with E-state index >= 15 is 0 Å². The van der Waals surface area contributed by atoms with Crippen molar-refractivity contribution < 1.29 is 9.90 Å². The monoisotopic (exact) mass is 226 g/mol. The van der Waals surface area contributed by atoms with Crippen molar-refractivity contribution in [3.63, 3.8) is 0 Å². The maximum Gasteiger partial charge on any atom is 0.339 e. The van der Waals surface area contributed by atoms with E-state index in [1.165, 1.54) is 11.8 Å². The normalized spacial score (nSPS) is 10.3. The Morgan fingerprint density at radius 3 is 2.00 bits per heavy atom. The summed E-state index contributed by atoms with van der Waals surface area (Å²) in [5.74, 6) is -0.934. The summed E-state index contributed by atoms with van der Waals surface area (Å²) in [4.78, 5) is 19.5. The molecule has 0 radical (unpaired) electrons. The van der Waals surface area contributed by atoms with Crippen LogP contribution < -0.4 is 0 Å². The van der Waals surface area contributed by atoms with Gasteiger partial charge in [0.25, 0.3) is 0 Å². The SMILES string of the molecule is CCc1nc(SC)nc(CC)c1C(=O)O. The molecule has 0 saturated heterocycles. The zero-order valence-corrected chi connectivity index (χ0v) is 9.89. The number of carbonyl (C=O) groups is 1. The van der Waals surface area contributed by atoms with Gasteiger partial charge in [-0.25, -0.2) is 14.8 Å². The molecule has 1 aromatic heterocycles. The quantitative estimate of drug-likeness (QED) is 0.628. The molecule has 5 heteroatoms. The molecule has 0 aliphatic rings. The number of nitrogens with zero attached hydrogens (tertiary/aromatic N) is 2. The molecule has 0 aliphatic carbocycles. The lowest BCUT2D eigenvalue weighted by Gasteiger charge is -2.08. The number of rotatable bonds is 4. The van der Waals surface area contributed by atoms with E-state index in [9.17, 15) is 4.79 Å². The molecule has 0 saturated carbocycles. The number of hydrogen-bond acceptors (Lipinski definition) is 4. The summed E-state index contributed by atoms with van der Waals surface area (Å²) in [6.45, 7) is 3.80. The summed E-state index contributed by atoms with van der Waals surface area (Å²) in [6.07, 6.45) is 3.12. The fourth-order valence-corrected chi connectivity index (χ4v) is 1.79. The van der Waals surface area contributed by atoms with Crippen LogP contribution in [0.25, 0.3) is 0 Å². The number of aromatic nitrogens is 2. The molecule has 15 heavy (non-hydrogen) atoms. The van der Waals surface area contributed by atoms with Gasteiger partial charge in [0, 0.05) is 0 Å². The minimum atomic E-state index is -0.934. The van der Waals surface area contributed by atoms with Crippen LogP contribution in [0.2, 0.25) is 0 Å². The fraction of sp³-hybridized carbons (Fsp3) is 0.500. The zero-order chi connectivity index (χ0) is 11.4. The highest BCUT2D eigenvalue weighted by molar-refractivity contribution is 7.98. The highest BCUT2D eigenvalue weighted by atomic mass is 32.2. The van der Waals surface area contributed by atoms with Crippen LogP contribution in [0.3, 0.4) is 0 Å². The van der Waals surface area contributed by atoms with E-state index in [-0.39, 0.29) is 5.56 Å². The van der Waals surface area contributed by atoms with Gasteiger partial charge in [-0.2, -0.15) is 0 Å². The van der Waals surface area contributed by atoms with Gasteiger partial charge in [0.05, 0.1) is 11.4 Å². The third-order valence-electron chi connectivity index (χ3n) is 2.10. The maximum absolute atomic E-state index is 11.1. The first-order chi connectivity index (χ1) is 7.13. The molecule has 1 N–H and O–H groups in total. The van der Waals surface area contributed by atoms with Crippen molar-refractivity contribution in [2.75, 3.05) is 6.26 Å². The topological polar surface area (TPSA) is 63.1 Å². The van der Waals surface area contributed by atoms with Gasteiger partial charge in [0.15, 0.2) is 5.16 Å². The largest absolute Gasteiger partial charge is 0.478 e. The minimum Gasteiger partial charge on any atom is -0.478 e. The molecular weight excluding hydrogens is 212 g/mol. The Morgan fingerprint density at radius 1 is 1.27 bits per heavy atom. The van der Waals surface area contributed by atoms with Gasteiger partial charge >= 0.3 is 5.97 Å². The Hall–Kier alpha value is -1.10. The first-order valence-corrected chi connectivity index (χ1v) is 6.03. The molecule has 0 unspecified atom stereocenters. The van der Waals surface area contributed by atoms with Crippen LogP contribution in [0.4, 0.5) is 0 Å². The van der Waals surface area contributed by atoms with Crippen molar-refractivity contribution >= 4 is 17.7 Å². The van der Waals surface area contributed by atoms with Crippen LogP contribution in [-0.2, 0) is 12.8 Å². The van der Waals surface area contributed by atoms with E-state index in [0.717, 1.165) is 0 Å². The Morgan fingerprint density at radius 2 is 1.73 bits per heavy atom. The second kappa shape index (κ2) is 5.11. The highest BCUT2D eigenvalue weighted by Gasteiger charge is 2.17. The van der Waals surface area contributed by atoms with E-state index < -0.39 is 5.97 Å². The summed E-state index contributed by atoms with van der Waals surface area (Å²) in [6, 6.07) is 0. The lowest BCUT2D eigenvalue weighted by Crippen LogP contribution is -2.11. The van der Waals surface area contributed by atoms with Gasteiger partial charge < -0.3 is 5.11 Å². The molecule has 0 amide bonds. The van der Waals surface area contributed by atoms with Crippen LogP contribution in [0.1, 0.15) is 35.6 Å². The minimum absolute atomic E-state index is 0.276. The molecule has 0 aromatic carbocycles. The van der Waals surface area contributed by atoms with Gasteiger partial charge in [-0.3, -0.25) is 0 Å². The van der Waals surface area contributed by atoms with Crippen LogP contribution >= 0.6 is 11.8 Å². The van der Waals surface area contributed by atoms with Crippen molar-refractivity contribution in [3.8, 4) is 0 Å². The second-order valence-electron chi connectivity index (χ2n) is 2.99. The van der Waals surface area contributed by atoms with Gasteiger partial charge in [-0.1, -0.05) is 25.6 Å². The number of hydrogen-bond donors (Lipinski definition) is 1. The maximum atomic E-state index is 11.1. The van der Waals surface area contributed by atoms with Crippen LogP contribution in [0.5, 0.6) is 0 Å². The third-order valence-corrected chi connectivity index (χ3v) is 2.65. The number of carboxylic acid groups (broad SMARTS) is 1. The van der Waals surface area contributed by atoms with Gasteiger partial charge in [0.1, 0.15) is 5.56 Å². The highest BCUT2D eigenvalue weighted by Crippen LogP contribution is 2.17. The molecule has 0 spiro atoms. The third kappa shape index (κ3) is 2.47. The molecular formula is C10H14N2O2S. The van der Waals surface area contributed by atoms with Crippen molar-refractivity contribution in [2.45, 2.75) is 31.8 Å². The van der Waals surface area contributed by atoms with E-state index in [1.54, 1.807) is 0 Å². The van der Waals surface area contributed by atoms with Gasteiger partial charge in [-0.15, -0.1) is 0 Å². The molecule has 0 fully saturated rings. The van der Waals surface area contributed by atoms with Gasteiger partial charge in [0.2, 0.25) is 0 Å². The predicted molar refractivity (Wildman–Crippen MR) is 59.5 cm³/mol. The number of carboxylic acids is 1. The lowest BCUT2D eigenvalue weighted by atomic mass is 10.1. The smallest absolute Gasteiger partial charge is 0.339 e. The Balaban J connectivity index is 3.39. The molecule has 1 rings (SSSR count). The average molecular weight is 226 g/mol. The summed E-state index contributed by atoms with van der Waals surface area (Å²) in [5, 5.41) is 9.73. The van der Waals surface area contributed by atoms with Gasteiger partial charge in [-0.05, 0) is 19.1 Å². The van der Waals surface area contributed by atoms with Crippen molar-refractivity contribution in [3.05, 3.63) is 17.0 Å². The summed E-state index contributed by atoms with van der Waals surface area (Å²) < 4.78 is 0. The molecule has 0 aliphatic heterocycles. The molecule has 82 valence electrons. The zero-order valence-electron chi connectivity index (χ0n) is 9.07. The predicted octanol–water partition coefficient (Wildman–Crippen LogP) is 2.02. The molecule has 0 atom stereocenters. The lowest BCUT2D eigenvalue weighted by molar-refractivity contribution is 0.0693. The van der Waals surface area contributed by atoms with E-state index in [2.05, 4.69) is 9.97 Å². The fourth-order valence-electron chi connectivity index (χ4n) is 1.38. The van der Waals surface area contributed by atoms with Crippen molar-refractivity contribution in [1.82, 2.24) is 9.97 Å². The first kappa shape index (κ1) is 12.0. The van der Waals surface area contributed by atoms with Crippen LogP contribution in [0.15, 0.2) is 5.16 Å². The summed E-state index contributed by atoms with van der Waals surface area (Å²) in [7, 11) is 0. The van der Waals surface area contributed by atoms with Crippen LogP contribution in [0, 0.1) is 0 Å². The molecule has 4 nitrogen and oxygen atoms in total. The summed E-state index contributed by atoms with van der Waals surface area (Å²) >= 11 is 1.43. The Labute approximate surface area is 93.1 Å². The van der Waals surface area contributed by atoms with E-state index in [0.29, 0.717) is 29.4 Å². The van der Waals surface area contributed by atoms with Crippen molar-refractivity contribution in [1.29, 1.82) is 0 Å². The Kier molecular flexibility index (Phi) is 4.08. The number of aromatic carboxylic acids is 1. The summed E-state index contributed by atoms with van der Waals surface area (Å²) in [5.41, 5.74) is 1.52. The second-order valence-corrected chi connectivity index (χ2v) is 3.76. The number of thioether (sulfide) groups is 1. The van der Waals surface area contributed by atoms with E-state index in [1.807, 2.05) is 20.1 Å². The molecule has 0 bridgehead atoms. The van der Waals surface area contributed by atoms with Crippen molar-refractivity contribution in [2.24, 2.45) is 0 Å². The van der Waals surface area contributed by atoms with E-state index in [4.69, 9.17) is 5.11 Å².